The molecule has 0 aromatic heterocycles. The highest BCUT2D eigenvalue weighted by Gasteiger charge is 2.24. The average molecular weight is 325 g/mol. The van der Waals surface area contributed by atoms with Crippen LogP contribution in [0.2, 0.25) is 0 Å². The summed E-state index contributed by atoms with van der Waals surface area (Å²) in [6, 6.07) is 4.24. The zero-order chi connectivity index (χ0) is 13.2. The van der Waals surface area contributed by atoms with Gasteiger partial charge in [-0.3, -0.25) is 4.90 Å². The first kappa shape index (κ1) is 13.0. The van der Waals surface area contributed by atoms with Gasteiger partial charge in [-0.25, -0.2) is 0 Å². The fourth-order valence-electron chi connectivity index (χ4n) is 2.59. The molecule has 2 aliphatic heterocycles. The maximum atomic E-state index is 5.47. The Morgan fingerprint density at radius 2 is 1.95 bits per heavy atom. The molecule has 5 heteroatoms. The molecule has 1 saturated heterocycles. The van der Waals surface area contributed by atoms with Crippen LogP contribution in [0.25, 0.3) is 0 Å². The van der Waals surface area contributed by atoms with Gasteiger partial charge in [0, 0.05) is 30.7 Å². The van der Waals surface area contributed by atoms with Gasteiger partial charge >= 0.3 is 0 Å². The highest BCUT2D eigenvalue weighted by molar-refractivity contribution is 9.10. The van der Waals surface area contributed by atoms with Crippen molar-refractivity contribution < 1.29 is 9.47 Å². The molecule has 1 aromatic rings. The number of fused-ring (bicyclic) bond motifs is 1. The van der Waals surface area contributed by atoms with Crippen LogP contribution in [0.4, 0.5) is 0 Å². The first-order chi connectivity index (χ1) is 9.29. The summed E-state index contributed by atoms with van der Waals surface area (Å²) in [5.41, 5.74) is 1.18. The van der Waals surface area contributed by atoms with Crippen molar-refractivity contribution in [3.05, 3.63) is 34.8 Å². The van der Waals surface area contributed by atoms with E-state index >= 15 is 0 Å². The summed E-state index contributed by atoms with van der Waals surface area (Å²) in [4.78, 5) is 2.42. The van der Waals surface area contributed by atoms with Gasteiger partial charge in [0.25, 0.3) is 0 Å². The number of nitrogens with zero attached hydrogens (tertiary/aromatic N) is 1. The molecule has 19 heavy (non-hydrogen) atoms. The number of piperazine rings is 1. The minimum absolute atomic E-state index is 0.200. The predicted molar refractivity (Wildman–Crippen MR) is 77.6 cm³/mol. The highest BCUT2D eigenvalue weighted by Crippen LogP contribution is 2.40. The third-order valence-electron chi connectivity index (χ3n) is 3.58. The van der Waals surface area contributed by atoms with Crippen molar-refractivity contribution in [2.24, 2.45) is 0 Å². The molecule has 1 aromatic carbocycles. The first-order valence-corrected chi connectivity index (χ1v) is 7.25. The summed E-state index contributed by atoms with van der Waals surface area (Å²) in [5, 5.41) is 3.37. The van der Waals surface area contributed by atoms with Crippen LogP contribution in [0.15, 0.2) is 29.3 Å². The van der Waals surface area contributed by atoms with Crippen molar-refractivity contribution in [2.75, 3.05) is 33.0 Å². The summed E-state index contributed by atoms with van der Waals surface area (Å²) >= 11 is 3.63. The van der Waals surface area contributed by atoms with Crippen molar-refractivity contribution >= 4 is 15.9 Å². The zero-order valence-electron chi connectivity index (χ0n) is 10.7. The Morgan fingerprint density at radius 1 is 1.26 bits per heavy atom. The fourth-order valence-corrected chi connectivity index (χ4v) is 3.15. The summed E-state index contributed by atoms with van der Waals surface area (Å²) in [5.74, 6) is 1.62. The van der Waals surface area contributed by atoms with Gasteiger partial charge in [-0.1, -0.05) is 22.0 Å². The topological polar surface area (TPSA) is 33.7 Å². The Hall–Kier alpha value is -1.04. The van der Waals surface area contributed by atoms with Crippen LogP contribution < -0.4 is 14.8 Å². The molecule has 102 valence electrons. The molecule has 1 fully saturated rings. The van der Waals surface area contributed by atoms with Crippen molar-refractivity contribution in [3.63, 3.8) is 0 Å². The standard InChI is InChI=1S/C14H17BrN2O2/c1-2-12(17-5-3-16-4-6-17)10-7-13-14(8-11(10)15)19-9-18-13/h2,7-8,12,16H,1,3-6,9H2/t12-/m0/s1. The molecule has 1 N–H and O–H groups in total. The lowest BCUT2D eigenvalue weighted by Gasteiger charge is -2.34. The largest absolute Gasteiger partial charge is 0.454 e. The highest BCUT2D eigenvalue weighted by atomic mass is 79.9. The quantitative estimate of drug-likeness (QED) is 0.865. The van der Waals surface area contributed by atoms with Gasteiger partial charge in [-0.15, -0.1) is 6.58 Å². The summed E-state index contributed by atoms with van der Waals surface area (Å²) < 4.78 is 11.9. The third kappa shape index (κ3) is 2.50. The van der Waals surface area contributed by atoms with Crippen LogP contribution in [0.5, 0.6) is 11.5 Å². The minimum atomic E-state index is 0.200. The van der Waals surface area contributed by atoms with E-state index in [1.54, 1.807) is 0 Å². The van der Waals surface area contributed by atoms with Gasteiger partial charge in [-0.05, 0) is 17.7 Å². The summed E-state index contributed by atoms with van der Waals surface area (Å²) in [6.07, 6.45) is 1.99. The van der Waals surface area contributed by atoms with Gasteiger partial charge < -0.3 is 14.8 Å². The maximum Gasteiger partial charge on any atom is 0.231 e. The number of halogens is 1. The number of hydrogen-bond donors (Lipinski definition) is 1. The van der Waals surface area contributed by atoms with Crippen molar-refractivity contribution in [3.8, 4) is 11.5 Å². The molecule has 0 spiro atoms. The second-order valence-corrected chi connectivity index (χ2v) is 5.55. The third-order valence-corrected chi connectivity index (χ3v) is 4.27. The zero-order valence-corrected chi connectivity index (χ0v) is 12.3. The minimum Gasteiger partial charge on any atom is -0.454 e. The van der Waals surface area contributed by atoms with E-state index in [9.17, 15) is 0 Å². The van der Waals surface area contributed by atoms with E-state index in [1.807, 2.05) is 12.1 Å². The van der Waals surface area contributed by atoms with Crippen molar-refractivity contribution in [2.45, 2.75) is 6.04 Å². The summed E-state index contributed by atoms with van der Waals surface area (Å²) in [6.45, 7) is 8.39. The molecule has 2 heterocycles. The number of rotatable bonds is 3. The van der Waals surface area contributed by atoms with E-state index in [1.165, 1.54) is 5.56 Å². The molecule has 0 unspecified atom stereocenters. The van der Waals surface area contributed by atoms with Gasteiger partial charge in [0.1, 0.15) is 0 Å². The normalized spacial score (nSPS) is 20.3. The van der Waals surface area contributed by atoms with E-state index in [2.05, 4.69) is 38.8 Å². The van der Waals surface area contributed by atoms with E-state index in [4.69, 9.17) is 9.47 Å². The van der Waals surface area contributed by atoms with Crippen LogP contribution in [0, 0.1) is 0 Å². The number of benzene rings is 1. The van der Waals surface area contributed by atoms with Crippen LogP contribution in [0.3, 0.4) is 0 Å². The van der Waals surface area contributed by atoms with Crippen molar-refractivity contribution in [1.29, 1.82) is 0 Å². The Labute approximate surface area is 121 Å². The van der Waals surface area contributed by atoms with Gasteiger partial charge in [0.05, 0.1) is 6.04 Å². The SMILES string of the molecule is C=C[C@@H](c1cc2c(cc1Br)OCO2)N1CCNCC1. The van der Waals surface area contributed by atoms with E-state index < -0.39 is 0 Å². The van der Waals surface area contributed by atoms with E-state index in [-0.39, 0.29) is 6.04 Å². The number of nitrogens with one attached hydrogen (secondary N) is 1. The van der Waals surface area contributed by atoms with Crippen LogP contribution in [-0.2, 0) is 0 Å². The maximum absolute atomic E-state index is 5.47. The van der Waals surface area contributed by atoms with Gasteiger partial charge in [0.15, 0.2) is 11.5 Å². The van der Waals surface area contributed by atoms with Crippen LogP contribution in [-0.4, -0.2) is 37.9 Å². The number of hydrogen-bond acceptors (Lipinski definition) is 4. The molecular formula is C14H17BrN2O2. The molecule has 3 rings (SSSR count). The van der Waals surface area contributed by atoms with E-state index in [0.29, 0.717) is 6.79 Å². The second-order valence-electron chi connectivity index (χ2n) is 4.69. The van der Waals surface area contributed by atoms with Crippen molar-refractivity contribution in [1.82, 2.24) is 10.2 Å². The molecule has 1 atom stereocenters. The average Bonchev–Trinajstić information content (AvgIpc) is 2.88. The number of ether oxygens (including phenoxy) is 2. The molecule has 0 radical (unpaired) electrons. The summed E-state index contributed by atoms with van der Waals surface area (Å²) in [7, 11) is 0. The molecule has 0 amide bonds. The molecular weight excluding hydrogens is 308 g/mol. The lowest BCUT2D eigenvalue weighted by atomic mass is 10.0. The lowest BCUT2D eigenvalue weighted by Crippen LogP contribution is -2.44. The lowest BCUT2D eigenvalue weighted by molar-refractivity contribution is 0.173. The first-order valence-electron chi connectivity index (χ1n) is 6.46. The fraction of sp³-hybridized carbons (Fsp3) is 0.429. The molecule has 2 aliphatic rings. The Morgan fingerprint density at radius 3 is 2.63 bits per heavy atom. The van der Waals surface area contributed by atoms with Crippen LogP contribution in [0.1, 0.15) is 11.6 Å². The van der Waals surface area contributed by atoms with Gasteiger partial charge in [-0.2, -0.15) is 0 Å². The monoisotopic (exact) mass is 324 g/mol. The van der Waals surface area contributed by atoms with Gasteiger partial charge in [0.2, 0.25) is 6.79 Å². The van der Waals surface area contributed by atoms with E-state index in [0.717, 1.165) is 42.2 Å². The Balaban J connectivity index is 1.92. The molecule has 0 aliphatic carbocycles. The smallest absolute Gasteiger partial charge is 0.231 e. The Bertz CT molecular complexity index is 487. The molecule has 4 nitrogen and oxygen atoms in total. The molecule has 0 bridgehead atoms. The second kappa shape index (κ2) is 5.53. The Kier molecular flexibility index (Phi) is 3.77. The molecule has 0 saturated carbocycles. The van der Waals surface area contributed by atoms with Crippen LogP contribution >= 0.6 is 15.9 Å². The predicted octanol–water partition coefficient (Wildman–Crippen LogP) is 2.31.